The van der Waals surface area contributed by atoms with Crippen molar-refractivity contribution in [3.8, 4) is 6.07 Å². The molecule has 0 amide bonds. The van der Waals surface area contributed by atoms with Crippen molar-refractivity contribution in [2.45, 2.75) is 44.1 Å². The van der Waals surface area contributed by atoms with Crippen molar-refractivity contribution in [3.05, 3.63) is 0 Å². The van der Waals surface area contributed by atoms with Gasteiger partial charge < -0.3 is 9.84 Å². The fourth-order valence-corrected chi connectivity index (χ4v) is 4.21. The molecule has 16 heavy (non-hydrogen) atoms. The van der Waals surface area contributed by atoms with Crippen molar-refractivity contribution in [3.63, 3.8) is 0 Å². The molecular formula is C13H19NO2. The second kappa shape index (κ2) is 3.45. The van der Waals surface area contributed by atoms with Gasteiger partial charge in [-0.05, 0) is 50.4 Å². The van der Waals surface area contributed by atoms with E-state index in [1.807, 2.05) is 0 Å². The predicted octanol–water partition coefficient (Wildman–Crippen LogP) is 1.86. The van der Waals surface area contributed by atoms with Gasteiger partial charge >= 0.3 is 0 Å². The average molecular weight is 221 g/mol. The Balaban J connectivity index is 1.92. The van der Waals surface area contributed by atoms with Crippen LogP contribution in [-0.4, -0.2) is 23.9 Å². The smallest absolute Gasteiger partial charge is 0.110 e. The van der Waals surface area contributed by atoms with Gasteiger partial charge in [0.2, 0.25) is 0 Å². The third-order valence-corrected chi connectivity index (χ3v) is 5.10. The Bertz CT molecular complexity index is 329. The Kier molecular flexibility index (Phi) is 2.28. The molecule has 1 heterocycles. The molecule has 3 rings (SSSR count). The summed E-state index contributed by atoms with van der Waals surface area (Å²) in [5.41, 5.74) is -1.38. The van der Waals surface area contributed by atoms with Gasteiger partial charge in [-0.15, -0.1) is 0 Å². The third-order valence-electron chi connectivity index (χ3n) is 5.10. The van der Waals surface area contributed by atoms with E-state index in [2.05, 4.69) is 6.07 Å². The van der Waals surface area contributed by atoms with E-state index in [1.165, 1.54) is 6.42 Å². The predicted molar refractivity (Wildman–Crippen MR) is 58.5 cm³/mol. The molecule has 0 aromatic carbocycles. The van der Waals surface area contributed by atoms with Gasteiger partial charge in [0.25, 0.3) is 0 Å². The fourth-order valence-electron chi connectivity index (χ4n) is 4.21. The first-order valence-corrected chi connectivity index (χ1v) is 6.42. The lowest BCUT2D eigenvalue weighted by atomic mass is 9.63. The number of ether oxygens (including phenoxy) is 1. The zero-order valence-corrected chi connectivity index (χ0v) is 9.61. The Hall–Kier alpha value is -0.590. The summed E-state index contributed by atoms with van der Waals surface area (Å²) in [4.78, 5) is 0. The number of hydrogen-bond acceptors (Lipinski definition) is 3. The summed E-state index contributed by atoms with van der Waals surface area (Å²) in [6.45, 7) is 1.18. The Labute approximate surface area is 96.4 Å². The first-order chi connectivity index (χ1) is 7.70. The molecule has 1 N–H and O–H groups in total. The van der Waals surface area contributed by atoms with E-state index >= 15 is 0 Å². The van der Waals surface area contributed by atoms with Gasteiger partial charge in [-0.1, -0.05) is 0 Å². The van der Waals surface area contributed by atoms with Gasteiger partial charge in [0, 0.05) is 6.61 Å². The largest absolute Gasteiger partial charge is 0.388 e. The molecule has 1 saturated heterocycles. The molecule has 2 saturated carbocycles. The van der Waals surface area contributed by atoms with Crippen LogP contribution >= 0.6 is 0 Å². The third kappa shape index (κ3) is 1.20. The zero-order valence-electron chi connectivity index (χ0n) is 9.61. The summed E-state index contributed by atoms with van der Waals surface area (Å²) in [6.07, 6.45) is 6.02. The molecule has 0 aromatic rings. The number of fused-ring (bicyclic) bond motifs is 2. The Morgan fingerprint density at radius 1 is 1.38 bits per heavy atom. The number of nitrogens with zero attached hydrogens (tertiary/aromatic N) is 1. The van der Waals surface area contributed by atoms with Crippen molar-refractivity contribution in [2.24, 2.45) is 17.3 Å². The molecule has 0 aromatic heterocycles. The average Bonchev–Trinajstić information content (AvgIpc) is 2.90. The van der Waals surface area contributed by atoms with Gasteiger partial charge in [0.15, 0.2) is 0 Å². The lowest BCUT2D eigenvalue weighted by Gasteiger charge is -2.47. The van der Waals surface area contributed by atoms with Crippen LogP contribution in [0.25, 0.3) is 0 Å². The molecular weight excluding hydrogens is 202 g/mol. The molecule has 3 nitrogen and oxygen atoms in total. The van der Waals surface area contributed by atoms with Crippen LogP contribution in [0.15, 0.2) is 0 Å². The van der Waals surface area contributed by atoms with Gasteiger partial charge in [-0.3, -0.25) is 0 Å². The van der Waals surface area contributed by atoms with E-state index in [-0.39, 0.29) is 0 Å². The lowest BCUT2D eigenvalue weighted by molar-refractivity contribution is -0.146. The molecule has 4 unspecified atom stereocenters. The standard InChI is InChI=1S/C13H19NO2/c14-8-12(4-1-5-16-9-12)13(15)7-10-2-3-11(13)6-10/h10-11,15H,1-7,9H2. The molecule has 3 fully saturated rings. The molecule has 1 aliphatic heterocycles. The van der Waals surface area contributed by atoms with Crippen LogP contribution in [0.4, 0.5) is 0 Å². The highest BCUT2D eigenvalue weighted by atomic mass is 16.5. The Morgan fingerprint density at radius 2 is 2.25 bits per heavy atom. The van der Waals surface area contributed by atoms with Crippen molar-refractivity contribution in [1.29, 1.82) is 5.26 Å². The van der Waals surface area contributed by atoms with E-state index in [0.717, 1.165) is 38.7 Å². The van der Waals surface area contributed by atoms with Crippen LogP contribution in [0, 0.1) is 28.6 Å². The van der Waals surface area contributed by atoms with Crippen molar-refractivity contribution >= 4 is 0 Å². The minimum absolute atomic E-state index is 0.346. The summed E-state index contributed by atoms with van der Waals surface area (Å²) >= 11 is 0. The van der Waals surface area contributed by atoms with Crippen LogP contribution < -0.4 is 0 Å². The van der Waals surface area contributed by atoms with Crippen molar-refractivity contribution in [1.82, 2.24) is 0 Å². The first kappa shape index (κ1) is 10.6. The summed E-state index contributed by atoms with van der Waals surface area (Å²) in [6, 6.07) is 2.41. The van der Waals surface area contributed by atoms with Crippen LogP contribution in [-0.2, 0) is 4.74 Å². The van der Waals surface area contributed by atoms with E-state index in [1.54, 1.807) is 0 Å². The minimum Gasteiger partial charge on any atom is -0.388 e. The first-order valence-electron chi connectivity index (χ1n) is 6.42. The topological polar surface area (TPSA) is 53.2 Å². The van der Waals surface area contributed by atoms with Crippen molar-refractivity contribution < 1.29 is 9.84 Å². The summed E-state index contributed by atoms with van der Waals surface area (Å²) < 4.78 is 5.48. The molecule has 0 spiro atoms. The Morgan fingerprint density at radius 3 is 2.75 bits per heavy atom. The van der Waals surface area contributed by atoms with Gasteiger partial charge in [-0.2, -0.15) is 5.26 Å². The number of nitriles is 1. The maximum atomic E-state index is 11.0. The molecule has 0 radical (unpaired) electrons. The maximum Gasteiger partial charge on any atom is 0.110 e. The zero-order chi connectivity index (χ0) is 11.2. The normalized spacial score (nSPS) is 51.5. The highest BCUT2D eigenvalue weighted by Crippen LogP contribution is 2.59. The summed E-state index contributed by atoms with van der Waals surface area (Å²) in [7, 11) is 0. The van der Waals surface area contributed by atoms with Gasteiger partial charge in [-0.25, -0.2) is 0 Å². The van der Waals surface area contributed by atoms with Crippen molar-refractivity contribution in [2.75, 3.05) is 13.2 Å². The van der Waals surface area contributed by atoms with E-state index in [0.29, 0.717) is 18.4 Å². The lowest BCUT2D eigenvalue weighted by Crippen LogP contribution is -2.55. The van der Waals surface area contributed by atoms with Gasteiger partial charge in [0.1, 0.15) is 5.41 Å². The maximum absolute atomic E-state index is 11.0. The monoisotopic (exact) mass is 221 g/mol. The SMILES string of the molecule is N#CC1(C2(O)CC3CCC2C3)CCCOC1. The highest BCUT2D eigenvalue weighted by Gasteiger charge is 2.62. The number of hydrogen-bond donors (Lipinski definition) is 1. The van der Waals surface area contributed by atoms with E-state index in [9.17, 15) is 10.4 Å². The van der Waals surface area contributed by atoms with Crippen LogP contribution in [0.5, 0.6) is 0 Å². The summed E-state index contributed by atoms with van der Waals surface area (Å²) in [5, 5.41) is 20.5. The van der Waals surface area contributed by atoms with E-state index in [4.69, 9.17) is 4.74 Å². The van der Waals surface area contributed by atoms with Crippen LogP contribution in [0.3, 0.4) is 0 Å². The van der Waals surface area contributed by atoms with Crippen LogP contribution in [0.1, 0.15) is 38.5 Å². The summed E-state index contributed by atoms with van der Waals surface area (Å²) in [5.74, 6) is 1.00. The fraction of sp³-hybridized carbons (Fsp3) is 0.923. The van der Waals surface area contributed by atoms with E-state index < -0.39 is 11.0 Å². The molecule has 88 valence electrons. The quantitative estimate of drug-likeness (QED) is 0.735. The van der Waals surface area contributed by atoms with Gasteiger partial charge in [0.05, 0.1) is 18.3 Å². The minimum atomic E-state index is -0.759. The highest BCUT2D eigenvalue weighted by molar-refractivity contribution is 5.19. The second-order valence-corrected chi connectivity index (χ2v) is 5.85. The molecule has 3 heteroatoms. The number of aliphatic hydroxyl groups is 1. The second-order valence-electron chi connectivity index (χ2n) is 5.85. The van der Waals surface area contributed by atoms with Crippen LogP contribution in [0.2, 0.25) is 0 Å². The number of rotatable bonds is 1. The molecule has 2 aliphatic carbocycles. The molecule has 2 bridgehead atoms. The molecule has 3 aliphatic rings. The molecule has 4 atom stereocenters.